The Morgan fingerprint density at radius 3 is 2.42 bits per heavy atom. The molecule has 0 amide bonds. The van der Waals surface area contributed by atoms with Crippen LogP contribution in [0.25, 0.3) is 11.1 Å². The predicted molar refractivity (Wildman–Crippen MR) is 133 cm³/mol. The lowest BCUT2D eigenvalue weighted by atomic mass is 9.94. The van der Waals surface area contributed by atoms with E-state index in [0.717, 1.165) is 23.3 Å². The van der Waals surface area contributed by atoms with Crippen molar-refractivity contribution < 1.29 is 37.1 Å². The maximum atomic E-state index is 12.9. The van der Waals surface area contributed by atoms with Gasteiger partial charge in [0, 0.05) is 16.6 Å². The second kappa shape index (κ2) is 12.6. The van der Waals surface area contributed by atoms with Gasteiger partial charge in [-0.2, -0.15) is 13.2 Å². The average molecular weight is 527 g/mol. The number of ether oxygens (including phenoxy) is 3. The molecule has 7 nitrogen and oxygen atoms in total. The van der Waals surface area contributed by atoms with Crippen molar-refractivity contribution in [1.29, 1.82) is 0 Å². The molecular weight excluding hydrogens is 503 g/mol. The molecule has 3 aromatic rings. The van der Waals surface area contributed by atoms with Crippen LogP contribution in [0.1, 0.15) is 29.0 Å². The van der Waals surface area contributed by atoms with E-state index in [0.29, 0.717) is 16.9 Å². The third-order valence-electron chi connectivity index (χ3n) is 5.62. The first-order valence-electron chi connectivity index (χ1n) is 11.4. The van der Waals surface area contributed by atoms with E-state index in [1.807, 2.05) is 0 Å². The molecule has 0 radical (unpaired) electrons. The van der Waals surface area contributed by atoms with Gasteiger partial charge in [-0.3, -0.25) is 14.9 Å². The van der Waals surface area contributed by atoms with Gasteiger partial charge >= 0.3 is 12.1 Å². The fraction of sp³-hybridized carbons (Fsp3) is 0.250. The fourth-order valence-corrected chi connectivity index (χ4v) is 3.78. The number of hydrogen-bond donors (Lipinski definition) is 0. The number of carbonyl (C=O) groups excluding carboxylic acids is 1. The van der Waals surface area contributed by atoms with Gasteiger partial charge in [0.15, 0.2) is 0 Å². The SMILES string of the molecule is C#CCOc1cc(OCc2cccc(-c3ccc(C(F)(F)F)cc3)c2)ccc1[C@@H](CC(=O)OC)C[N+](=O)[O-]. The minimum absolute atomic E-state index is 0.102. The van der Waals surface area contributed by atoms with E-state index in [-0.39, 0.29) is 25.4 Å². The van der Waals surface area contributed by atoms with Gasteiger partial charge in [0.05, 0.1) is 25.0 Å². The number of halogens is 3. The number of esters is 1. The number of nitro groups is 1. The van der Waals surface area contributed by atoms with Gasteiger partial charge in [0.25, 0.3) is 0 Å². The summed E-state index contributed by atoms with van der Waals surface area (Å²) in [5.41, 5.74) is 1.79. The summed E-state index contributed by atoms with van der Waals surface area (Å²) >= 11 is 0. The molecule has 0 aromatic heterocycles. The molecule has 0 saturated heterocycles. The van der Waals surface area contributed by atoms with Crippen LogP contribution in [-0.4, -0.2) is 31.2 Å². The lowest BCUT2D eigenvalue weighted by Gasteiger charge is -2.18. The van der Waals surface area contributed by atoms with Gasteiger partial charge in [-0.1, -0.05) is 42.3 Å². The highest BCUT2D eigenvalue weighted by Crippen LogP contribution is 2.34. The van der Waals surface area contributed by atoms with Crippen molar-refractivity contribution in [3.63, 3.8) is 0 Å². The molecule has 0 saturated carbocycles. The van der Waals surface area contributed by atoms with Crippen molar-refractivity contribution in [1.82, 2.24) is 0 Å². The number of methoxy groups -OCH3 is 1. The first-order valence-corrected chi connectivity index (χ1v) is 11.4. The topological polar surface area (TPSA) is 87.9 Å². The van der Waals surface area contributed by atoms with E-state index in [2.05, 4.69) is 10.7 Å². The van der Waals surface area contributed by atoms with Crippen molar-refractivity contribution in [3.8, 4) is 35.0 Å². The minimum Gasteiger partial charge on any atom is -0.489 e. The standard InChI is InChI=1S/C28H24F3NO6/c1-3-13-37-26-16-24(11-12-25(26)22(17-32(34)35)15-27(33)36-2)38-18-19-5-4-6-21(14-19)20-7-9-23(10-8-20)28(29,30)31/h1,4-12,14,16,22H,13,15,17-18H2,2H3/t22-/m0/s1. The van der Waals surface area contributed by atoms with Crippen LogP contribution >= 0.6 is 0 Å². The van der Waals surface area contributed by atoms with Crippen molar-refractivity contribution in [3.05, 3.63) is 93.5 Å². The molecule has 3 aromatic carbocycles. The largest absolute Gasteiger partial charge is 0.489 e. The Kier molecular flexibility index (Phi) is 9.33. The van der Waals surface area contributed by atoms with Crippen molar-refractivity contribution >= 4 is 5.97 Å². The fourth-order valence-electron chi connectivity index (χ4n) is 3.78. The van der Waals surface area contributed by atoms with Crippen LogP contribution in [-0.2, 0) is 22.3 Å². The summed E-state index contributed by atoms with van der Waals surface area (Å²) in [5, 5.41) is 11.2. The second-order valence-electron chi connectivity index (χ2n) is 8.25. The van der Waals surface area contributed by atoms with Crippen LogP contribution in [0.3, 0.4) is 0 Å². The molecule has 0 N–H and O–H groups in total. The third-order valence-corrected chi connectivity index (χ3v) is 5.62. The highest BCUT2D eigenvalue weighted by Gasteiger charge is 2.30. The van der Waals surface area contributed by atoms with E-state index in [1.54, 1.807) is 36.4 Å². The Morgan fingerprint density at radius 2 is 1.79 bits per heavy atom. The zero-order valence-electron chi connectivity index (χ0n) is 20.4. The van der Waals surface area contributed by atoms with E-state index < -0.39 is 35.1 Å². The molecule has 1 atom stereocenters. The third kappa shape index (κ3) is 7.74. The van der Waals surface area contributed by atoms with Crippen LogP contribution < -0.4 is 9.47 Å². The highest BCUT2D eigenvalue weighted by atomic mass is 19.4. The number of carbonyl (C=O) groups is 1. The Bertz CT molecular complexity index is 1320. The maximum absolute atomic E-state index is 12.9. The molecule has 0 aliphatic carbocycles. The van der Waals surface area contributed by atoms with Crippen LogP contribution in [0.4, 0.5) is 13.2 Å². The summed E-state index contributed by atoms with van der Waals surface area (Å²) in [4.78, 5) is 22.5. The smallest absolute Gasteiger partial charge is 0.416 e. The van der Waals surface area contributed by atoms with Gasteiger partial charge in [-0.25, -0.2) is 0 Å². The molecule has 3 rings (SSSR count). The van der Waals surface area contributed by atoms with E-state index in [9.17, 15) is 28.1 Å². The molecule has 0 bridgehead atoms. The first kappa shape index (κ1) is 28.1. The molecule has 0 aliphatic heterocycles. The highest BCUT2D eigenvalue weighted by molar-refractivity contribution is 5.70. The molecule has 0 fully saturated rings. The van der Waals surface area contributed by atoms with Crippen molar-refractivity contribution in [2.45, 2.75) is 25.1 Å². The van der Waals surface area contributed by atoms with Crippen LogP contribution in [0.2, 0.25) is 0 Å². The summed E-state index contributed by atoms with van der Waals surface area (Å²) in [6.07, 6.45) is 0.677. The van der Waals surface area contributed by atoms with Gasteiger partial charge in [0.1, 0.15) is 24.7 Å². The van der Waals surface area contributed by atoms with Gasteiger partial charge in [-0.05, 0) is 41.0 Å². The van der Waals surface area contributed by atoms with E-state index in [4.69, 9.17) is 15.9 Å². The average Bonchev–Trinajstić information content (AvgIpc) is 2.89. The Hall–Kier alpha value is -4.52. The van der Waals surface area contributed by atoms with Gasteiger partial charge in [0.2, 0.25) is 6.54 Å². The normalized spacial score (nSPS) is 11.8. The number of terminal acetylenes is 1. The minimum atomic E-state index is -4.41. The zero-order valence-corrected chi connectivity index (χ0v) is 20.4. The monoisotopic (exact) mass is 527 g/mol. The molecule has 38 heavy (non-hydrogen) atoms. The van der Waals surface area contributed by atoms with Gasteiger partial charge < -0.3 is 14.2 Å². The summed E-state index contributed by atoms with van der Waals surface area (Å²) in [7, 11) is 1.20. The van der Waals surface area contributed by atoms with E-state index in [1.165, 1.54) is 25.3 Å². The first-order chi connectivity index (χ1) is 18.1. The predicted octanol–water partition coefficient (Wildman–Crippen LogP) is 5.89. The van der Waals surface area contributed by atoms with Crippen LogP contribution in [0, 0.1) is 22.5 Å². The Labute approximate surface area is 217 Å². The molecular formula is C28H24F3NO6. The molecule has 0 heterocycles. The summed E-state index contributed by atoms with van der Waals surface area (Å²) < 4.78 is 54.7. The number of hydrogen-bond acceptors (Lipinski definition) is 6. The number of benzene rings is 3. The lowest BCUT2D eigenvalue weighted by Crippen LogP contribution is -2.18. The van der Waals surface area contributed by atoms with Gasteiger partial charge in [-0.15, -0.1) is 6.42 Å². The van der Waals surface area contributed by atoms with E-state index >= 15 is 0 Å². The summed E-state index contributed by atoms with van der Waals surface area (Å²) in [6, 6.07) is 16.8. The number of alkyl halides is 3. The maximum Gasteiger partial charge on any atom is 0.416 e. The second-order valence-corrected chi connectivity index (χ2v) is 8.25. The Morgan fingerprint density at radius 1 is 1.05 bits per heavy atom. The number of rotatable bonds is 11. The molecule has 0 aliphatic rings. The molecule has 10 heteroatoms. The number of nitrogens with zero attached hydrogens (tertiary/aromatic N) is 1. The molecule has 0 spiro atoms. The van der Waals surface area contributed by atoms with Crippen LogP contribution in [0.15, 0.2) is 66.7 Å². The Balaban J connectivity index is 1.80. The zero-order chi connectivity index (χ0) is 27.7. The lowest BCUT2D eigenvalue weighted by molar-refractivity contribution is -0.483. The molecule has 0 unspecified atom stereocenters. The van der Waals surface area contributed by atoms with Crippen LogP contribution in [0.5, 0.6) is 11.5 Å². The summed E-state index contributed by atoms with van der Waals surface area (Å²) in [6.45, 7) is -0.490. The van der Waals surface area contributed by atoms with Crippen molar-refractivity contribution in [2.75, 3.05) is 20.3 Å². The summed E-state index contributed by atoms with van der Waals surface area (Å²) in [5.74, 6) is 1.56. The quantitative estimate of drug-likeness (QED) is 0.134. The van der Waals surface area contributed by atoms with Crippen molar-refractivity contribution in [2.24, 2.45) is 0 Å². The molecule has 198 valence electrons.